The zero-order valence-corrected chi connectivity index (χ0v) is 12.3. The number of para-hydroxylation sites is 1. The quantitative estimate of drug-likeness (QED) is 0.507. The van der Waals surface area contributed by atoms with Crippen molar-refractivity contribution in [3.8, 4) is 0 Å². The Morgan fingerprint density at radius 2 is 1.90 bits per heavy atom. The summed E-state index contributed by atoms with van der Waals surface area (Å²) in [5, 5.41) is 6.44. The maximum absolute atomic E-state index is 11.6. The molecule has 1 aromatic carbocycles. The van der Waals surface area contributed by atoms with E-state index in [1.54, 1.807) is 27.7 Å². The number of carbonyl (C=O) groups is 1. The number of nitrogens with zero attached hydrogens (tertiary/aromatic N) is 1. The summed E-state index contributed by atoms with van der Waals surface area (Å²) in [7, 11) is 0. The van der Waals surface area contributed by atoms with Gasteiger partial charge in [0.15, 0.2) is 0 Å². The number of benzene rings is 1. The third-order valence-corrected chi connectivity index (χ3v) is 1.95. The van der Waals surface area contributed by atoms with Crippen LogP contribution in [0.15, 0.2) is 35.4 Å². The first kappa shape index (κ1) is 15.8. The second kappa shape index (κ2) is 7.37. The Balaban J connectivity index is 2.62. The molecule has 1 rings (SSSR count). The molecule has 6 heteroatoms. The highest BCUT2D eigenvalue weighted by Crippen LogP contribution is 2.07. The largest absolute Gasteiger partial charge is 0.464 e. The fourth-order valence-electron chi connectivity index (χ4n) is 1.25. The van der Waals surface area contributed by atoms with Gasteiger partial charge in [0.1, 0.15) is 5.60 Å². The molecule has 20 heavy (non-hydrogen) atoms. The molecule has 0 atom stereocenters. The molecule has 1 amide bonds. The molecule has 0 unspecified atom stereocenters. The number of hydrogen-bond donors (Lipinski definition) is 2. The predicted molar refractivity (Wildman–Crippen MR) is 78.5 cm³/mol. The smallest absolute Gasteiger partial charge is 0.415 e. The number of nitrogens with one attached hydrogen (secondary N) is 2. The van der Waals surface area contributed by atoms with Crippen LogP contribution in [0.25, 0.3) is 0 Å². The summed E-state index contributed by atoms with van der Waals surface area (Å²) in [5.41, 5.74) is 3.00. The van der Waals surface area contributed by atoms with Gasteiger partial charge < -0.3 is 9.47 Å². The molecule has 0 aliphatic carbocycles. The van der Waals surface area contributed by atoms with E-state index in [0.29, 0.717) is 6.61 Å². The van der Waals surface area contributed by atoms with Crippen LogP contribution in [0.2, 0.25) is 0 Å². The maximum Gasteiger partial charge on any atom is 0.415 e. The van der Waals surface area contributed by atoms with Gasteiger partial charge in [-0.15, -0.1) is 5.10 Å². The van der Waals surface area contributed by atoms with E-state index in [0.717, 1.165) is 5.69 Å². The number of amidine groups is 1. The van der Waals surface area contributed by atoms with Crippen molar-refractivity contribution in [2.45, 2.75) is 33.3 Å². The Kier molecular flexibility index (Phi) is 5.83. The highest BCUT2D eigenvalue weighted by atomic mass is 16.6. The molecule has 0 aromatic heterocycles. The fourth-order valence-corrected chi connectivity index (χ4v) is 1.25. The SMILES string of the molecule is CCO/C(=N/Nc1ccccc1)NC(=O)OC(C)(C)C. The van der Waals surface area contributed by atoms with Gasteiger partial charge in [-0.25, -0.2) is 10.1 Å². The van der Waals surface area contributed by atoms with E-state index < -0.39 is 11.7 Å². The first-order valence-electron chi connectivity index (χ1n) is 6.42. The summed E-state index contributed by atoms with van der Waals surface area (Å²) >= 11 is 0. The maximum atomic E-state index is 11.6. The molecular formula is C14H21N3O3. The van der Waals surface area contributed by atoms with Crippen molar-refractivity contribution >= 4 is 17.8 Å². The molecule has 0 saturated carbocycles. The van der Waals surface area contributed by atoms with E-state index in [2.05, 4.69) is 15.8 Å². The zero-order chi connectivity index (χ0) is 15.0. The average molecular weight is 279 g/mol. The number of carbonyl (C=O) groups excluding carboxylic acids is 1. The lowest BCUT2D eigenvalue weighted by Crippen LogP contribution is -2.38. The minimum atomic E-state index is -0.612. The molecular weight excluding hydrogens is 258 g/mol. The fraction of sp³-hybridized carbons (Fsp3) is 0.429. The van der Waals surface area contributed by atoms with E-state index >= 15 is 0 Å². The van der Waals surface area contributed by atoms with Crippen LogP contribution in [0, 0.1) is 0 Å². The Morgan fingerprint density at radius 1 is 1.25 bits per heavy atom. The van der Waals surface area contributed by atoms with E-state index in [-0.39, 0.29) is 6.02 Å². The summed E-state index contributed by atoms with van der Waals surface area (Å²) in [6, 6.07) is 9.41. The van der Waals surface area contributed by atoms with Crippen LogP contribution in [-0.2, 0) is 9.47 Å². The lowest BCUT2D eigenvalue weighted by Gasteiger charge is -2.19. The minimum Gasteiger partial charge on any atom is -0.464 e. The van der Waals surface area contributed by atoms with E-state index in [1.807, 2.05) is 30.3 Å². The third-order valence-electron chi connectivity index (χ3n) is 1.95. The molecule has 2 N–H and O–H groups in total. The summed E-state index contributed by atoms with van der Waals surface area (Å²) in [5.74, 6) is 0. The van der Waals surface area contributed by atoms with Crippen LogP contribution in [0.5, 0.6) is 0 Å². The highest BCUT2D eigenvalue weighted by Gasteiger charge is 2.17. The summed E-state index contributed by atoms with van der Waals surface area (Å²) in [4.78, 5) is 11.6. The first-order valence-corrected chi connectivity index (χ1v) is 6.42. The van der Waals surface area contributed by atoms with E-state index in [1.165, 1.54) is 0 Å². The Labute approximate surface area is 119 Å². The minimum absolute atomic E-state index is 0.0607. The van der Waals surface area contributed by atoms with Crippen molar-refractivity contribution in [3.63, 3.8) is 0 Å². The van der Waals surface area contributed by atoms with Crippen LogP contribution in [0.4, 0.5) is 10.5 Å². The summed E-state index contributed by atoms with van der Waals surface area (Å²) in [6.45, 7) is 7.53. The highest BCUT2D eigenvalue weighted by molar-refractivity contribution is 5.90. The lowest BCUT2D eigenvalue weighted by atomic mass is 10.2. The molecule has 0 saturated heterocycles. The van der Waals surface area contributed by atoms with Crippen molar-refractivity contribution in [1.82, 2.24) is 5.32 Å². The Morgan fingerprint density at radius 3 is 2.45 bits per heavy atom. The van der Waals surface area contributed by atoms with Gasteiger partial charge in [0.05, 0.1) is 12.3 Å². The normalized spacial score (nSPS) is 11.7. The number of ether oxygens (including phenoxy) is 2. The predicted octanol–water partition coefficient (Wildman–Crippen LogP) is 2.93. The average Bonchev–Trinajstić information content (AvgIpc) is 2.35. The lowest BCUT2D eigenvalue weighted by molar-refractivity contribution is 0.0549. The van der Waals surface area contributed by atoms with Crippen LogP contribution in [-0.4, -0.2) is 24.3 Å². The topological polar surface area (TPSA) is 72.0 Å². The van der Waals surface area contributed by atoms with Crippen molar-refractivity contribution in [1.29, 1.82) is 0 Å². The van der Waals surface area contributed by atoms with Gasteiger partial charge in [0.2, 0.25) is 0 Å². The summed E-state index contributed by atoms with van der Waals surface area (Å²) in [6.07, 6.45) is -0.612. The van der Waals surface area contributed by atoms with Gasteiger partial charge >= 0.3 is 12.1 Å². The molecule has 0 aliphatic heterocycles. The van der Waals surface area contributed by atoms with Crippen LogP contribution in [0.3, 0.4) is 0 Å². The number of hydrogen-bond acceptors (Lipinski definition) is 5. The summed E-state index contributed by atoms with van der Waals surface area (Å²) < 4.78 is 10.4. The van der Waals surface area contributed by atoms with Gasteiger partial charge in [-0.1, -0.05) is 18.2 Å². The van der Waals surface area contributed by atoms with Crippen molar-refractivity contribution < 1.29 is 14.3 Å². The third kappa shape index (κ3) is 6.63. The first-order chi connectivity index (χ1) is 9.40. The van der Waals surface area contributed by atoms with E-state index in [4.69, 9.17) is 9.47 Å². The van der Waals surface area contributed by atoms with Gasteiger partial charge in [-0.3, -0.25) is 5.43 Å². The second-order valence-electron chi connectivity index (χ2n) is 4.95. The van der Waals surface area contributed by atoms with Gasteiger partial charge in [0, 0.05) is 0 Å². The number of hydrazone groups is 1. The number of alkyl carbamates (subject to hydrolysis) is 1. The Hall–Kier alpha value is -2.24. The van der Waals surface area contributed by atoms with Gasteiger partial charge in [-0.05, 0) is 39.8 Å². The van der Waals surface area contributed by atoms with Crippen molar-refractivity contribution in [2.75, 3.05) is 12.0 Å². The van der Waals surface area contributed by atoms with Crippen LogP contribution >= 0.6 is 0 Å². The molecule has 0 bridgehead atoms. The molecule has 1 aromatic rings. The number of rotatable bonds is 3. The Bertz CT molecular complexity index is 452. The molecule has 0 heterocycles. The molecule has 6 nitrogen and oxygen atoms in total. The van der Waals surface area contributed by atoms with Gasteiger partial charge in [-0.2, -0.15) is 0 Å². The molecule has 0 spiro atoms. The molecule has 0 radical (unpaired) electrons. The van der Waals surface area contributed by atoms with Crippen LogP contribution < -0.4 is 10.7 Å². The second-order valence-corrected chi connectivity index (χ2v) is 4.95. The monoisotopic (exact) mass is 279 g/mol. The molecule has 110 valence electrons. The standard InChI is InChI=1S/C14H21N3O3/c1-5-19-12(15-13(18)20-14(2,3)4)17-16-11-9-7-6-8-10-11/h6-10,16H,5H2,1-4H3,(H,15,17,18). The van der Waals surface area contributed by atoms with Crippen LogP contribution in [0.1, 0.15) is 27.7 Å². The van der Waals surface area contributed by atoms with E-state index in [9.17, 15) is 4.79 Å². The molecule has 0 fully saturated rings. The van der Waals surface area contributed by atoms with Crippen molar-refractivity contribution in [3.05, 3.63) is 30.3 Å². The molecule has 0 aliphatic rings. The van der Waals surface area contributed by atoms with Crippen molar-refractivity contribution in [2.24, 2.45) is 5.10 Å². The number of amides is 1. The number of anilines is 1. The zero-order valence-electron chi connectivity index (χ0n) is 12.3. The van der Waals surface area contributed by atoms with Gasteiger partial charge in [0.25, 0.3) is 0 Å².